The van der Waals surface area contributed by atoms with Crippen molar-refractivity contribution in [1.29, 1.82) is 0 Å². The lowest BCUT2D eigenvalue weighted by atomic mass is 10.2. The van der Waals surface area contributed by atoms with Gasteiger partial charge in [-0.15, -0.1) is 5.16 Å². The van der Waals surface area contributed by atoms with E-state index < -0.39 is 0 Å². The maximum atomic E-state index is 11.3. The molecule has 0 atom stereocenters. The molecule has 0 unspecified atom stereocenters. The Balaban J connectivity index is 0.000000583. The van der Waals surface area contributed by atoms with Gasteiger partial charge in [0.2, 0.25) is 5.56 Å². The zero-order valence-corrected chi connectivity index (χ0v) is 8.60. The average Bonchev–Trinajstić information content (AvgIpc) is 2.19. The van der Waals surface area contributed by atoms with Gasteiger partial charge in [-0.1, -0.05) is 0 Å². The van der Waals surface area contributed by atoms with E-state index in [0.717, 1.165) is 0 Å². The van der Waals surface area contributed by atoms with Crippen molar-refractivity contribution in [3.63, 3.8) is 0 Å². The first-order chi connectivity index (χ1) is 7.02. The van der Waals surface area contributed by atoms with E-state index in [1.54, 1.807) is 14.1 Å². The van der Waals surface area contributed by atoms with E-state index in [4.69, 9.17) is 5.21 Å². The lowest BCUT2D eigenvalue weighted by molar-refractivity contribution is 0.0827. The predicted molar refractivity (Wildman–Crippen MR) is 56.4 cm³/mol. The topological polar surface area (TPSA) is 85.8 Å². The zero-order chi connectivity index (χ0) is 11.8. The highest BCUT2D eigenvalue weighted by Crippen LogP contribution is 1.96. The van der Waals surface area contributed by atoms with Gasteiger partial charge < -0.3 is 15.1 Å². The quantitative estimate of drug-likeness (QED) is 0.394. The summed E-state index contributed by atoms with van der Waals surface area (Å²) in [5, 5.41) is 9.33. The summed E-state index contributed by atoms with van der Waals surface area (Å²) in [6.45, 7) is 2.67. The summed E-state index contributed by atoms with van der Waals surface area (Å²) in [4.78, 5) is 25.8. The van der Waals surface area contributed by atoms with Crippen LogP contribution in [0.5, 0.6) is 0 Å². The van der Waals surface area contributed by atoms with Gasteiger partial charge in [-0.2, -0.15) is 0 Å². The van der Waals surface area contributed by atoms with Gasteiger partial charge in [0.05, 0.1) is 5.56 Å². The van der Waals surface area contributed by atoms with E-state index in [0.29, 0.717) is 5.56 Å². The number of oxime groups is 1. The fraction of sp³-hybridized carbons (Fsp3) is 0.222. The van der Waals surface area contributed by atoms with Gasteiger partial charge in [0.25, 0.3) is 5.91 Å². The number of aromatic nitrogens is 1. The Morgan fingerprint density at radius 3 is 2.40 bits per heavy atom. The molecule has 6 nitrogen and oxygen atoms in total. The number of H-pyrrole nitrogens is 1. The van der Waals surface area contributed by atoms with Crippen molar-refractivity contribution in [2.24, 2.45) is 5.16 Å². The molecule has 0 aliphatic rings. The Hall–Kier alpha value is -2.11. The lowest BCUT2D eigenvalue weighted by Gasteiger charge is -2.08. The molecule has 82 valence electrons. The zero-order valence-electron chi connectivity index (χ0n) is 8.60. The molecule has 1 heterocycles. The van der Waals surface area contributed by atoms with Crippen molar-refractivity contribution in [3.05, 3.63) is 34.2 Å². The Kier molecular flexibility index (Phi) is 5.47. The average molecular weight is 211 g/mol. The first-order valence-corrected chi connectivity index (χ1v) is 4.03. The van der Waals surface area contributed by atoms with Crippen molar-refractivity contribution in [3.8, 4) is 0 Å². The van der Waals surface area contributed by atoms with Crippen LogP contribution in [0.4, 0.5) is 0 Å². The fourth-order valence-corrected chi connectivity index (χ4v) is 0.802. The highest BCUT2D eigenvalue weighted by molar-refractivity contribution is 5.93. The Labute approximate surface area is 86.8 Å². The number of carbonyl (C=O) groups is 1. The van der Waals surface area contributed by atoms with Crippen LogP contribution in [0.3, 0.4) is 0 Å². The van der Waals surface area contributed by atoms with Crippen LogP contribution >= 0.6 is 0 Å². The molecule has 1 aromatic rings. The van der Waals surface area contributed by atoms with Gasteiger partial charge in [-0.3, -0.25) is 9.59 Å². The minimum absolute atomic E-state index is 0.119. The largest absolute Gasteiger partial charge is 0.411 e. The third-order valence-corrected chi connectivity index (χ3v) is 1.44. The van der Waals surface area contributed by atoms with Crippen molar-refractivity contribution < 1.29 is 10.0 Å². The van der Waals surface area contributed by atoms with Crippen LogP contribution in [0.25, 0.3) is 0 Å². The second-order valence-corrected chi connectivity index (χ2v) is 2.78. The smallest absolute Gasteiger partial charge is 0.254 e. The van der Waals surface area contributed by atoms with Gasteiger partial charge in [-0.05, 0) is 6.07 Å². The third kappa shape index (κ3) is 4.61. The Morgan fingerprint density at radius 1 is 1.53 bits per heavy atom. The van der Waals surface area contributed by atoms with E-state index in [2.05, 4.69) is 16.9 Å². The van der Waals surface area contributed by atoms with E-state index in [1.165, 1.54) is 23.2 Å². The molecule has 1 aromatic heterocycles. The highest BCUT2D eigenvalue weighted by atomic mass is 16.4. The number of rotatable bonds is 1. The molecule has 2 N–H and O–H groups in total. The molecular formula is C9H13N3O3. The summed E-state index contributed by atoms with van der Waals surface area (Å²) in [6, 6.07) is 2.83. The third-order valence-electron chi connectivity index (χ3n) is 1.44. The van der Waals surface area contributed by atoms with Crippen LogP contribution in [-0.4, -0.2) is 41.8 Å². The number of pyridine rings is 1. The minimum atomic E-state index is -0.203. The molecule has 1 amide bonds. The van der Waals surface area contributed by atoms with E-state index in [1.807, 2.05) is 0 Å². The fourth-order valence-electron chi connectivity index (χ4n) is 0.802. The van der Waals surface area contributed by atoms with Crippen LogP contribution in [0.15, 0.2) is 28.3 Å². The van der Waals surface area contributed by atoms with Crippen molar-refractivity contribution in [1.82, 2.24) is 9.88 Å². The van der Waals surface area contributed by atoms with Crippen LogP contribution < -0.4 is 5.56 Å². The standard InChI is InChI=1S/C8H10N2O2.CH3NO/c1-10(2)8(12)6-3-4-7(11)9-5-6;1-2-3/h3-5H,1-2H3,(H,9,11);3H,1H2. The molecule has 6 heteroatoms. The number of hydrogen-bond acceptors (Lipinski definition) is 4. The van der Waals surface area contributed by atoms with Crippen molar-refractivity contribution in [2.45, 2.75) is 0 Å². The molecule has 0 saturated heterocycles. The van der Waals surface area contributed by atoms with Crippen LogP contribution in [-0.2, 0) is 0 Å². The van der Waals surface area contributed by atoms with Gasteiger partial charge in [0.1, 0.15) is 0 Å². The SMILES string of the molecule is C=NO.CN(C)C(=O)c1ccc(=O)[nH]c1. The number of amides is 1. The van der Waals surface area contributed by atoms with Crippen LogP contribution in [0.1, 0.15) is 10.4 Å². The van der Waals surface area contributed by atoms with Gasteiger partial charge in [-0.25, -0.2) is 0 Å². The van der Waals surface area contributed by atoms with Gasteiger partial charge in [0.15, 0.2) is 0 Å². The summed E-state index contributed by atoms with van der Waals surface area (Å²) in [6.07, 6.45) is 1.41. The van der Waals surface area contributed by atoms with Gasteiger partial charge >= 0.3 is 0 Å². The molecule has 0 aliphatic heterocycles. The number of hydrogen-bond donors (Lipinski definition) is 2. The number of nitrogens with zero attached hydrogens (tertiary/aromatic N) is 2. The van der Waals surface area contributed by atoms with E-state index in [9.17, 15) is 9.59 Å². The normalized spacial score (nSPS) is 8.40. The number of nitrogens with one attached hydrogen (secondary N) is 1. The van der Waals surface area contributed by atoms with E-state index in [-0.39, 0.29) is 11.5 Å². The second-order valence-electron chi connectivity index (χ2n) is 2.78. The Bertz CT molecular complexity index is 364. The summed E-state index contributed by atoms with van der Waals surface area (Å²) in [5.74, 6) is -0.119. The first-order valence-electron chi connectivity index (χ1n) is 4.03. The molecular weight excluding hydrogens is 198 g/mol. The summed E-state index contributed by atoms with van der Waals surface area (Å²) in [7, 11) is 3.32. The molecule has 0 radical (unpaired) electrons. The maximum absolute atomic E-state index is 11.3. The molecule has 0 aromatic carbocycles. The predicted octanol–water partition coefficient (Wildman–Crippen LogP) is 0.153. The minimum Gasteiger partial charge on any atom is -0.411 e. The Morgan fingerprint density at radius 2 is 2.07 bits per heavy atom. The van der Waals surface area contributed by atoms with Crippen LogP contribution in [0.2, 0.25) is 0 Å². The molecule has 0 saturated carbocycles. The van der Waals surface area contributed by atoms with E-state index >= 15 is 0 Å². The van der Waals surface area contributed by atoms with Crippen molar-refractivity contribution >= 4 is 12.6 Å². The second kappa shape index (κ2) is 6.36. The number of aromatic amines is 1. The lowest BCUT2D eigenvalue weighted by Crippen LogP contribution is -2.22. The van der Waals surface area contributed by atoms with Crippen molar-refractivity contribution in [2.75, 3.05) is 14.1 Å². The summed E-state index contributed by atoms with van der Waals surface area (Å²) < 4.78 is 0. The molecule has 0 bridgehead atoms. The maximum Gasteiger partial charge on any atom is 0.254 e. The van der Waals surface area contributed by atoms with Crippen LogP contribution in [0, 0.1) is 0 Å². The highest BCUT2D eigenvalue weighted by Gasteiger charge is 2.06. The molecule has 0 fully saturated rings. The monoisotopic (exact) mass is 211 g/mol. The molecule has 0 spiro atoms. The number of carbonyl (C=O) groups excluding carboxylic acids is 1. The van der Waals surface area contributed by atoms with Gasteiger partial charge in [0, 0.05) is 33.1 Å². The molecule has 1 rings (SSSR count). The molecule has 0 aliphatic carbocycles. The molecule has 15 heavy (non-hydrogen) atoms. The summed E-state index contributed by atoms with van der Waals surface area (Å²) >= 11 is 0. The summed E-state index contributed by atoms with van der Waals surface area (Å²) in [5.41, 5.74) is 0.282. The first kappa shape index (κ1) is 12.9.